The average Bonchev–Trinajstić information content (AvgIpc) is 2.52. The fourth-order valence-electron chi connectivity index (χ4n) is 2.71. The number of rotatable bonds is 4. The van der Waals surface area contributed by atoms with Crippen molar-refractivity contribution < 1.29 is 14.6 Å². The van der Waals surface area contributed by atoms with E-state index in [9.17, 15) is 9.90 Å². The lowest BCUT2D eigenvalue weighted by Crippen LogP contribution is -2.46. The highest BCUT2D eigenvalue weighted by Crippen LogP contribution is 2.36. The second kappa shape index (κ2) is 6.60. The largest absolute Gasteiger partial charge is 0.478 e. The molecule has 0 bridgehead atoms. The van der Waals surface area contributed by atoms with Crippen LogP contribution in [0.4, 0.5) is 5.69 Å². The summed E-state index contributed by atoms with van der Waals surface area (Å²) < 4.78 is 5.75. The van der Waals surface area contributed by atoms with Crippen molar-refractivity contribution in [2.24, 2.45) is 0 Å². The van der Waals surface area contributed by atoms with Gasteiger partial charge in [-0.25, -0.2) is 0 Å². The van der Waals surface area contributed by atoms with Crippen molar-refractivity contribution >= 4 is 23.2 Å². The van der Waals surface area contributed by atoms with Gasteiger partial charge in [0.05, 0.1) is 12.2 Å². The molecule has 0 spiro atoms. The van der Waals surface area contributed by atoms with Crippen LogP contribution in [0, 0.1) is 6.92 Å². The number of amides is 1. The second-order valence-electron chi connectivity index (χ2n) is 5.64. The molecule has 4 nitrogen and oxygen atoms in total. The molecule has 2 aromatic rings. The van der Waals surface area contributed by atoms with Crippen molar-refractivity contribution in [1.82, 2.24) is 0 Å². The number of ether oxygens (including phenoxy) is 1. The Balaban J connectivity index is 1.98. The van der Waals surface area contributed by atoms with Gasteiger partial charge in [0.25, 0.3) is 5.91 Å². The Labute approximate surface area is 140 Å². The Morgan fingerprint density at radius 1 is 1.26 bits per heavy atom. The van der Waals surface area contributed by atoms with Gasteiger partial charge in [-0.1, -0.05) is 29.8 Å². The maximum Gasteiger partial charge on any atom is 0.268 e. The molecule has 23 heavy (non-hydrogen) atoms. The molecule has 0 radical (unpaired) electrons. The lowest BCUT2D eigenvalue weighted by molar-refractivity contribution is -0.127. The molecule has 0 saturated heterocycles. The van der Waals surface area contributed by atoms with Gasteiger partial charge in [0, 0.05) is 18.1 Å². The number of aliphatic hydroxyl groups is 1. The van der Waals surface area contributed by atoms with Crippen LogP contribution in [0.2, 0.25) is 5.02 Å². The number of hydrogen-bond acceptors (Lipinski definition) is 3. The first kappa shape index (κ1) is 15.8. The van der Waals surface area contributed by atoms with Crippen molar-refractivity contribution in [3.8, 4) is 5.75 Å². The van der Waals surface area contributed by atoms with Crippen LogP contribution >= 0.6 is 11.6 Å². The van der Waals surface area contributed by atoms with Crippen LogP contribution in [-0.4, -0.2) is 23.7 Å². The van der Waals surface area contributed by atoms with Crippen LogP contribution in [0.25, 0.3) is 0 Å². The molecule has 2 aromatic carbocycles. The second-order valence-corrected chi connectivity index (χ2v) is 6.08. The molecular formula is C18H18ClNO3. The highest BCUT2D eigenvalue weighted by molar-refractivity contribution is 6.30. The topological polar surface area (TPSA) is 49.8 Å². The molecule has 0 aliphatic carbocycles. The summed E-state index contributed by atoms with van der Waals surface area (Å²) in [4.78, 5) is 14.4. The van der Waals surface area contributed by atoms with Crippen LogP contribution in [-0.2, 0) is 11.3 Å². The predicted molar refractivity (Wildman–Crippen MR) is 89.9 cm³/mol. The van der Waals surface area contributed by atoms with E-state index in [-0.39, 0.29) is 18.9 Å². The summed E-state index contributed by atoms with van der Waals surface area (Å²) in [6.07, 6.45) is -0.382. The number of aryl methyl sites for hydroxylation is 1. The van der Waals surface area contributed by atoms with E-state index in [0.717, 1.165) is 16.8 Å². The van der Waals surface area contributed by atoms with Gasteiger partial charge in [0.2, 0.25) is 0 Å². The number of carbonyl (C=O) groups excluding carboxylic acids is 1. The fraction of sp³-hybridized carbons (Fsp3) is 0.278. The SMILES string of the molecule is Cc1ccc2c(c1)N(Cc1cccc(Cl)c1)C(=O)C(CCO)O2. The molecule has 3 rings (SSSR count). The first-order valence-electron chi connectivity index (χ1n) is 7.52. The molecule has 0 aromatic heterocycles. The summed E-state index contributed by atoms with van der Waals surface area (Å²) in [5, 5.41) is 9.81. The van der Waals surface area contributed by atoms with Gasteiger partial charge in [0.15, 0.2) is 6.10 Å². The van der Waals surface area contributed by atoms with E-state index in [0.29, 0.717) is 17.3 Å². The minimum atomic E-state index is -0.658. The summed E-state index contributed by atoms with van der Waals surface area (Å²) >= 11 is 6.04. The number of halogens is 1. The van der Waals surface area contributed by atoms with Gasteiger partial charge in [-0.3, -0.25) is 4.79 Å². The highest BCUT2D eigenvalue weighted by Gasteiger charge is 2.34. The lowest BCUT2D eigenvalue weighted by atomic mass is 10.1. The van der Waals surface area contributed by atoms with Gasteiger partial charge < -0.3 is 14.7 Å². The average molecular weight is 332 g/mol. The first-order valence-corrected chi connectivity index (χ1v) is 7.90. The van der Waals surface area contributed by atoms with E-state index in [2.05, 4.69) is 0 Å². The quantitative estimate of drug-likeness (QED) is 0.935. The minimum Gasteiger partial charge on any atom is -0.478 e. The standard InChI is InChI=1S/C18H18ClNO3/c1-12-5-6-16-15(9-12)20(18(22)17(23-16)7-8-21)11-13-3-2-4-14(19)10-13/h2-6,9-10,17,21H,7-8,11H2,1H3. The molecule has 0 saturated carbocycles. The van der Waals surface area contributed by atoms with Crippen LogP contribution in [0.1, 0.15) is 17.5 Å². The van der Waals surface area contributed by atoms with Gasteiger partial charge in [-0.05, 0) is 42.3 Å². The third-order valence-corrected chi connectivity index (χ3v) is 4.07. The Hall–Kier alpha value is -2.04. The van der Waals surface area contributed by atoms with Gasteiger partial charge in [-0.15, -0.1) is 0 Å². The van der Waals surface area contributed by atoms with E-state index in [1.807, 2.05) is 43.3 Å². The Morgan fingerprint density at radius 2 is 2.09 bits per heavy atom. The first-order chi connectivity index (χ1) is 11.1. The monoisotopic (exact) mass is 331 g/mol. The van der Waals surface area contributed by atoms with Gasteiger partial charge in [-0.2, -0.15) is 0 Å². The maximum atomic E-state index is 12.7. The molecule has 120 valence electrons. The minimum absolute atomic E-state index is 0.0946. The van der Waals surface area contributed by atoms with E-state index >= 15 is 0 Å². The van der Waals surface area contributed by atoms with Crippen molar-refractivity contribution in [3.63, 3.8) is 0 Å². The van der Waals surface area contributed by atoms with Crippen molar-refractivity contribution in [2.45, 2.75) is 26.0 Å². The zero-order valence-electron chi connectivity index (χ0n) is 12.8. The Morgan fingerprint density at radius 3 is 2.83 bits per heavy atom. The zero-order chi connectivity index (χ0) is 16.4. The van der Waals surface area contributed by atoms with Crippen LogP contribution < -0.4 is 9.64 Å². The molecule has 1 aliphatic rings. The number of carbonyl (C=O) groups is 1. The van der Waals surface area contributed by atoms with E-state index in [4.69, 9.17) is 16.3 Å². The fourth-order valence-corrected chi connectivity index (χ4v) is 2.93. The molecule has 1 N–H and O–H groups in total. The normalized spacial score (nSPS) is 16.9. The number of benzene rings is 2. The number of anilines is 1. The van der Waals surface area contributed by atoms with E-state index in [1.54, 1.807) is 11.0 Å². The highest BCUT2D eigenvalue weighted by atomic mass is 35.5. The van der Waals surface area contributed by atoms with Crippen LogP contribution in [0.3, 0.4) is 0 Å². The molecule has 1 aliphatic heterocycles. The van der Waals surface area contributed by atoms with E-state index < -0.39 is 6.10 Å². The van der Waals surface area contributed by atoms with Crippen molar-refractivity contribution in [1.29, 1.82) is 0 Å². The van der Waals surface area contributed by atoms with E-state index in [1.165, 1.54) is 0 Å². The summed E-state index contributed by atoms with van der Waals surface area (Å²) in [5.41, 5.74) is 2.75. The van der Waals surface area contributed by atoms with Crippen LogP contribution in [0.15, 0.2) is 42.5 Å². The third kappa shape index (κ3) is 3.33. The molecule has 1 amide bonds. The van der Waals surface area contributed by atoms with Crippen LogP contribution in [0.5, 0.6) is 5.75 Å². The number of fused-ring (bicyclic) bond motifs is 1. The van der Waals surface area contributed by atoms with Gasteiger partial charge >= 0.3 is 0 Å². The third-order valence-electron chi connectivity index (χ3n) is 3.84. The molecule has 1 atom stereocenters. The summed E-state index contributed by atoms with van der Waals surface area (Å²) in [7, 11) is 0. The molecular weight excluding hydrogens is 314 g/mol. The maximum absolute atomic E-state index is 12.7. The van der Waals surface area contributed by atoms with Crippen molar-refractivity contribution in [3.05, 3.63) is 58.6 Å². The molecule has 5 heteroatoms. The number of nitrogens with zero attached hydrogens (tertiary/aromatic N) is 1. The zero-order valence-corrected chi connectivity index (χ0v) is 13.6. The predicted octanol–water partition coefficient (Wildman–Crippen LogP) is 3.33. The summed E-state index contributed by atoms with van der Waals surface area (Å²) in [6, 6.07) is 13.2. The smallest absolute Gasteiger partial charge is 0.268 e. The number of hydrogen-bond donors (Lipinski definition) is 1. The molecule has 1 heterocycles. The summed E-state index contributed by atoms with van der Waals surface area (Å²) in [6.45, 7) is 2.30. The Bertz CT molecular complexity index is 732. The lowest BCUT2D eigenvalue weighted by Gasteiger charge is -2.34. The van der Waals surface area contributed by atoms with Gasteiger partial charge in [0.1, 0.15) is 5.75 Å². The molecule has 1 unspecified atom stereocenters. The Kier molecular flexibility index (Phi) is 4.55. The number of aliphatic hydroxyl groups excluding tert-OH is 1. The molecule has 0 fully saturated rings. The van der Waals surface area contributed by atoms with Crippen molar-refractivity contribution in [2.75, 3.05) is 11.5 Å². The summed E-state index contributed by atoms with van der Waals surface area (Å²) in [5.74, 6) is 0.521.